The fourth-order valence-corrected chi connectivity index (χ4v) is 2.88. The van der Waals surface area contributed by atoms with Crippen LogP contribution in [0.4, 0.5) is 5.69 Å². The molecule has 2 nitrogen and oxygen atoms in total. The van der Waals surface area contributed by atoms with E-state index in [1.54, 1.807) is 11.3 Å². The predicted molar refractivity (Wildman–Crippen MR) is 99.6 cm³/mol. The van der Waals surface area contributed by atoms with E-state index in [-0.39, 0.29) is 17.0 Å². The molecule has 0 aliphatic rings. The van der Waals surface area contributed by atoms with Crippen molar-refractivity contribution in [3.8, 4) is 0 Å². The van der Waals surface area contributed by atoms with Crippen LogP contribution in [0.3, 0.4) is 0 Å². The van der Waals surface area contributed by atoms with Gasteiger partial charge in [0.05, 0.1) is 10.2 Å². The summed E-state index contributed by atoms with van der Waals surface area (Å²) in [4.78, 5) is 6.70. The number of halogens is 1. The molecule has 0 aliphatic heterocycles. The number of benzene rings is 2. The molecule has 2 aromatic carbocycles. The first kappa shape index (κ1) is 15.7. The van der Waals surface area contributed by atoms with E-state index < -0.39 is 0 Å². The monoisotopic (exact) mass is 360 g/mol. The highest BCUT2D eigenvalue weighted by Gasteiger charge is 1.99. The van der Waals surface area contributed by atoms with Gasteiger partial charge in [-0.15, -0.1) is 28.3 Å². The van der Waals surface area contributed by atoms with Crippen molar-refractivity contribution in [3.63, 3.8) is 0 Å². The molecule has 0 radical (unpaired) electrons. The molecule has 1 aromatic heterocycles. The largest absolute Gasteiger partial charge is 0.378 e. The van der Waals surface area contributed by atoms with Crippen molar-refractivity contribution < 1.29 is 0 Å². The van der Waals surface area contributed by atoms with Gasteiger partial charge < -0.3 is 4.90 Å². The number of para-hydroxylation sites is 1. The fraction of sp³-hybridized carbons (Fsp3) is 0.118. The normalized spacial score (nSPS) is 10.8. The number of anilines is 1. The SMILES string of the molecule is Br.CN(C)c1ccc(C=Cc2nc3ccccc3s2)cc1. The summed E-state index contributed by atoms with van der Waals surface area (Å²) in [6.45, 7) is 0. The molecule has 0 unspecified atom stereocenters. The Labute approximate surface area is 139 Å². The molecule has 0 fully saturated rings. The standard InChI is InChI=1S/C17H16N2S.BrH/c1-19(2)14-10-7-13(8-11-14)9-12-17-18-15-5-3-4-6-16(15)20-17;/h3-12H,1-2H3;1H. The Morgan fingerprint density at radius 3 is 2.33 bits per heavy atom. The average Bonchev–Trinajstić information content (AvgIpc) is 2.88. The van der Waals surface area contributed by atoms with E-state index in [1.807, 2.05) is 26.2 Å². The van der Waals surface area contributed by atoms with E-state index in [4.69, 9.17) is 0 Å². The Hall–Kier alpha value is -1.65. The molecule has 0 spiro atoms. The lowest BCUT2D eigenvalue weighted by Gasteiger charge is -2.11. The third-order valence-electron chi connectivity index (χ3n) is 3.14. The van der Waals surface area contributed by atoms with E-state index in [9.17, 15) is 0 Å². The van der Waals surface area contributed by atoms with E-state index in [0.29, 0.717) is 0 Å². The highest BCUT2D eigenvalue weighted by atomic mass is 79.9. The third kappa shape index (κ3) is 3.71. The molecule has 0 bridgehead atoms. The van der Waals surface area contributed by atoms with Crippen LogP contribution in [0.25, 0.3) is 22.4 Å². The van der Waals surface area contributed by atoms with Gasteiger partial charge in [-0.05, 0) is 35.9 Å². The lowest BCUT2D eigenvalue weighted by molar-refractivity contribution is 1.13. The Kier molecular flexibility index (Phi) is 5.15. The van der Waals surface area contributed by atoms with Crippen LogP contribution in [-0.4, -0.2) is 19.1 Å². The zero-order valence-corrected chi connectivity index (χ0v) is 14.5. The number of hydrogen-bond donors (Lipinski definition) is 0. The predicted octanol–water partition coefficient (Wildman–Crippen LogP) is 5.11. The van der Waals surface area contributed by atoms with Gasteiger partial charge in [-0.3, -0.25) is 0 Å². The minimum Gasteiger partial charge on any atom is -0.378 e. The number of rotatable bonds is 3. The number of aromatic nitrogens is 1. The lowest BCUT2D eigenvalue weighted by Crippen LogP contribution is -2.07. The topological polar surface area (TPSA) is 16.1 Å². The first-order chi connectivity index (χ1) is 9.72. The zero-order chi connectivity index (χ0) is 13.9. The van der Waals surface area contributed by atoms with Gasteiger partial charge in [0.25, 0.3) is 0 Å². The van der Waals surface area contributed by atoms with Crippen LogP contribution in [0.2, 0.25) is 0 Å². The highest BCUT2D eigenvalue weighted by Crippen LogP contribution is 2.23. The van der Waals surface area contributed by atoms with Crippen molar-refractivity contribution in [1.82, 2.24) is 4.98 Å². The Morgan fingerprint density at radius 1 is 0.952 bits per heavy atom. The average molecular weight is 361 g/mol. The quantitative estimate of drug-likeness (QED) is 0.644. The molecule has 0 saturated carbocycles. The van der Waals surface area contributed by atoms with Crippen LogP contribution in [0.5, 0.6) is 0 Å². The maximum atomic E-state index is 4.60. The molecule has 108 valence electrons. The van der Waals surface area contributed by atoms with Gasteiger partial charge in [-0.2, -0.15) is 0 Å². The Bertz CT molecular complexity index is 712. The minimum atomic E-state index is 0. The molecular weight excluding hydrogens is 344 g/mol. The van der Waals surface area contributed by atoms with Crippen LogP contribution in [-0.2, 0) is 0 Å². The van der Waals surface area contributed by atoms with Crippen LogP contribution in [0.15, 0.2) is 48.5 Å². The summed E-state index contributed by atoms with van der Waals surface area (Å²) in [5.41, 5.74) is 3.47. The van der Waals surface area contributed by atoms with Crippen LogP contribution < -0.4 is 4.90 Å². The van der Waals surface area contributed by atoms with Gasteiger partial charge in [0.15, 0.2) is 0 Å². The molecular formula is C17H17BrN2S. The molecule has 0 saturated heterocycles. The summed E-state index contributed by atoms with van der Waals surface area (Å²) in [6, 6.07) is 16.7. The van der Waals surface area contributed by atoms with Gasteiger partial charge in [-0.1, -0.05) is 30.3 Å². The van der Waals surface area contributed by atoms with Crippen molar-refractivity contribution in [2.24, 2.45) is 0 Å². The number of fused-ring (bicyclic) bond motifs is 1. The minimum absolute atomic E-state index is 0. The molecule has 21 heavy (non-hydrogen) atoms. The Balaban J connectivity index is 0.00000161. The van der Waals surface area contributed by atoms with E-state index in [1.165, 1.54) is 16.0 Å². The Morgan fingerprint density at radius 2 is 1.67 bits per heavy atom. The van der Waals surface area contributed by atoms with Crippen molar-refractivity contribution in [2.45, 2.75) is 0 Å². The van der Waals surface area contributed by atoms with E-state index in [0.717, 1.165) is 10.5 Å². The van der Waals surface area contributed by atoms with E-state index in [2.05, 4.69) is 58.4 Å². The second-order valence-corrected chi connectivity index (χ2v) is 5.90. The second kappa shape index (κ2) is 6.87. The van der Waals surface area contributed by atoms with Gasteiger partial charge in [0, 0.05) is 19.8 Å². The zero-order valence-electron chi connectivity index (χ0n) is 12.0. The van der Waals surface area contributed by atoms with Crippen LogP contribution in [0.1, 0.15) is 10.6 Å². The summed E-state index contributed by atoms with van der Waals surface area (Å²) in [5, 5.41) is 1.04. The number of thiazole rings is 1. The van der Waals surface area contributed by atoms with E-state index >= 15 is 0 Å². The number of hydrogen-bond acceptors (Lipinski definition) is 3. The number of nitrogens with zero attached hydrogens (tertiary/aromatic N) is 2. The lowest BCUT2D eigenvalue weighted by atomic mass is 10.2. The van der Waals surface area contributed by atoms with Gasteiger partial charge in [0.2, 0.25) is 0 Å². The highest BCUT2D eigenvalue weighted by molar-refractivity contribution is 8.93. The molecule has 3 rings (SSSR count). The molecule has 3 aromatic rings. The second-order valence-electron chi connectivity index (χ2n) is 4.84. The first-order valence-electron chi connectivity index (χ1n) is 6.53. The smallest absolute Gasteiger partial charge is 0.117 e. The maximum absolute atomic E-state index is 4.60. The molecule has 4 heteroatoms. The summed E-state index contributed by atoms with van der Waals surface area (Å²) in [6.07, 6.45) is 4.19. The summed E-state index contributed by atoms with van der Waals surface area (Å²) >= 11 is 1.72. The fourth-order valence-electron chi connectivity index (χ4n) is 2.01. The summed E-state index contributed by atoms with van der Waals surface area (Å²) in [5.74, 6) is 0. The molecule has 1 heterocycles. The van der Waals surface area contributed by atoms with Crippen molar-refractivity contribution in [1.29, 1.82) is 0 Å². The van der Waals surface area contributed by atoms with Crippen molar-refractivity contribution in [3.05, 3.63) is 59.1 Å². The van der Waals surface area contributed by atoms with Gasteiger partial charge in [-0.25, -0.2) is 4.98 Å². The summed E-state index contributed by atoms with van der Waals surface area (Å²) in [7, 11) is 4.10. The summed E-state index contributed by atoms with van der Waals surface area (Å²) < 4.78 is 1.23. The molecule has 0 atom stereocenters. The first-order valence-corrected chi connectivity index (χ1v) is 7.35. The van der Waals surface area contributed by atoms with Gasteiger partial charge in [0.1, 0.15) is 5.01 Å². The molecule has 0 amide bonds. The maximum Gasteiger partial charge on any atom is 0.117 e. The third-order valence-corrected chi connectivity index (χ3v) is 4.14. The molecule has 0 N–H and O–H groups in total. The van der Waals surface area contributed by atoms with Crippen molar-refractivity contribution >= 4 is 56.4 Å². The van der Waals surface area contributed by atoms with Gasteiger partial charge >= 0.3 is 0 Å². The molecule has 0 aliphatic carbocycles. The van der Waals surface area contributed by atoms with Crippen LogP contribution >= 0.6 is 28.3 Å². The van der Waals surface area contributed by atoms with Crippen molar-refractivity contribution in [2.75, 3.05) is 19.0 Å². The van der Waals surface area contributed by atoms with Crippen LogP contribution in [0, 0.1) is 0 Å².